The van der Waals surface area contributed by atoms with Gasteiger partial charge in [0.25, 0.3) is 0 Å². The Bertz CT molecular complexity index is 239. The first-order chi connectivity index (χ1) is 8.30. The monoisotopic (exact) mass is 256 g/mol. The number of nitrogens with two attached hydrogens (primary N) is 1. The van der Waals surface area contributed by atoms with Gasteiger partial charge in [-0.3, -0.25) is 0 Å². The van der Waals surface area contributed by atoms with Crippen molar-refractivity contribution in [3.8, 4) is 0 Å². The molecule has 0 aromatic rings. The van der Waals surface area contributed by atoms with Crippen molar-refractivity contribution in [3.63, 3.8) is 0 Å². The Kier molecular flexibility index (Phi) is 5.63. The third-order valence-corrected chi connectivity index (χ3v) is 4.38. The minimum atomic E-state index is -0.617. The van der Waals surface area contributed by atoms with Gasteiger partial charge in [-0.2, -0.15) is 0 Å². The topological polar surface area (TPSA) is 49.5 Å². The highest BCUT2D eigenvalue weighted by Crippen LogP contribution is 2.38. The number of likely N-dealkylation sites (N-methyl/N-ethyl adjacent to an activating group) is 1. The van der Waals surface area contributed by atoms with Gasteiger partial charge >= 0.3 is 0 Å². The van der Waals surface area contributed by atoms with Gasteiger partial charge in [0.1, 0.15) is 0 Å². The molecule has 0 spiro atoms. The van der Waals surface area contributed by atoms with Crippen LogP contribution in [-0.2, 0) is 0 Å². The van der Waals surface area contributed by atoms with Crippen LogP contribution in [0.1, 0.15) is 53.4 Å². The summed E-state index contributed by atoms with van der Waals surface area (Å²) in [5, 5.41) is 9.97. The summed E-state index contributed by atoms with van der Waals surface area (Å²) in [6.45, 7) is 11.8. The van der Waals surface area contributed by atoms with Crippen molar-refractivity contribution in [2.75, 3.05) is 26.2 Å². The fourth-order valence-corrected chi connectivity index (χ4v) is 3.10. The molecule has 1 fully saturated rings. The van der Waals surface area contributed by atoms with E-state index in [0.717, 1.165) is 32.1 Å². The van der Waals surface area contributed by atoms with Gasteiger partial charge in [0.05, 0.1) is 5.60 Å². The molecular formula is C15H32N2O. The normalized spacial score (nSPS) is 29.8. The van der Waals surface area contributed by atoms with E-state index in [0.29, 0.717) is 0 Å². The van der Waals surface area contributed by atoms with Gasteiger partial charge < -0.3 is 15.7 Å². The molecule has 1 aliphatic rings. The van der Waals surface area contributed by atoms with E-state index in [1.54, 1.807) is 0 Å². The molecule has 3 heteroatoms. The zero-order chi connectivity index (χ0) is 13.8. The Hall–Kier alpha value is -0.120. The molecule has 18 heavy (non-hydrogen) atoms. The minimum Gasteiger partial charge on any atom is -0.389 e. The maximum absolute atomic E-state index is 9.97. The Morgan fingerprint density at radius 2 is 1.89 bits per heavy atom. The molecule has 3 N–H and O–H groups in total. The van der Waals surface area contributed by atoms with Crippen molar-refractivity contribution in [3.05, 3.63) is 0 Å². The first-order valence-corrected chi connectivity index (χ1v) is 7.45. The van der Waals surface area contributed by atoms with Gasteiger partial charge in [-0.05, 0) is 51.1 Å². The van der Waals surface area contributed by atoms with Crippen LogP contribution >= 0.6 is 0 Å². The molecule has 0 aromatic carbocycles. The van der Waals surface area contributed by atoms with Crippen molar-refractivity contribution in [1.29, 1.82) is 0 Å². The summed E-state index contributed by atoms with van der Waals surface area (Å²) in [4.78, 5) is 2.36. The molecule has 0 aromatic heterocycles. The summed E-state index contributed by atoms with van der Waals surface area (Å²) in [5.41, 5.74) is 5.73. The maximum Gasteiger partial charge on any atom is 0.0718 e. The Morgan fingerprint density at radius 1 is 1.33 bits per heavy atom. The lowest BCUT2D eigenvalue weighted by Gasteiger charge is -2.43. The highest BCUT2D eigenvalue weighted by molar-refractivity contribution is 4.89. The molecule has 1 aliphatic carbocycles. The third kappa shape index (κ3) is 4.87. The summed E-state index contributed by atoms with van der Waals surface area (Å²) in [6, 6.07) is 0. The fourth-order valence-electron chi connectivity index (χ4n) is 3.10. The highest BCUT2D eigenvalue weighted by atomic mass is 16.3. The van der Waals surface area contributed by atoms with E-state index in [1.807, 2.05) is 13.8 Å². The van der Waals surface area contributed by atoms with Crippen LogP contribution in [0.3, 0.4) is 0 Å². The Balaban J connectivity index is 2.60. The summed E-state index contributed by atoms with van der Waals surface area (Å²) >= 11 is 0. The van der Waals surface area contributed by atoms with Crippen LogP contribution < -0.4 is 5.73 Å². The molecule has 3 nitrogen and oxygen atoms in total. The van der Waals surface area contributed by atoms with Gasteiger partial charge in [0.2, 0.25) is 0 Å². The number of aliphatic hydroxyl groups is 1. The standard InChI is InChI=1S/C15H32N2O/c1-5-17(11-14(3,4)18)12-15(10-16)8-6-13(2)7-9-15/h13,18H,5-12,16H2,1-4H3. The second-order valence-corrected chi connectivity index (χ2v) is 7.00. The predicted octanol–water partition coefficient (Wildman–Crippen LogP) is 2.23. The van der Waals surface area contributed by atoms with E-state index in [1.165, 1.54) is 25.7 Å². The van der Waals surface area contributed by atoms with Gasteiger partial charge in [0, 0.05) is 13.1 Å². The van der Waals surface area contributed by atoms with Gasteiger partial charge in [-0.25, -0.2) is 0 Å². The van der Waals surface area contributed by atoms with Gasteiger partial charge in [0.15, 0.2) is 0 Å². The molecule has 0 aliphatic heterocycles. The zero-order valence-corrected chi connectivity index (χ0v) is 12.7. The number of hydrogen-bond acceptors (Lipinski definition) is 3. The quantitative estimate of drug-likeness (QED) is 0.766. The summed E-state index contributed by atoms with van der Waals surface area (Å²) in [5.74, 6) is 0.856. The van der Waals surface area contributed by atoms with Crippen molar-refractivity contribution in [1.82, 2.24) is 4.90 Å². The highest BCUT2D eigenvalue weighted by Gasteiger charge is 2.35. The molecule has 0 atom stereocenters. The molecule has 0 heterocycles. The van der Waals surface area contributed by atoms with Crippen LogP contribution in [-0.4, -0.2) is 41.8 Å². The minimum absolute atomic E-state index is 0.285. The van der Waals surface area contributed by atoms with Crippen LogP contribution in [0.25, 0.3) is 0 Å². The summed E-state index contributed by atoms with van der Waals surface area (Å²) in [7, 11) is 0. The zero-order valence-electron chi connectivity index (χ0n) is 12.7. The van der Waals surface area contributed by atoms with E-state index < -0.39 is 5.60 Å². The average Bonchev–Trinajstić information content (AvgIpc) is 2.30. The SMILES string of the molecule is CCN(CC(C)(C)O)CC1(CN)CCC(C)CC1. The fraction of sp³-hybridized carbons (Fsp3) is 1.00. The van der Waals surface area contributed by atoms with Crippen LogP contribution in [0.4, 0.5) is 0 Å². The smallest absolute Gasteiger partial charge is 0.0718 e. The second-order valence-electron chi connectivity index (χ2n) is 7.00. The second kappa shape index (κ2) is 6.36. The van der Waals surface area contributed by atoms with E-state index in [4.69, 9.17) is 5.73 Å². The summed E-state index contributed by atoms with van der Waals surface area (Å²) in [6.07, 6.45) is 5.09. The first-order valence-electron chi connectivity index (χ1n) is 7.45. The third-order valence-electron chi connectivity index (χ3n) is 4.38. The molecule has 1 rings (SSSR count). The Morgan fingerprint density at radius 3 is 2.28 bits per heavy atom. The van der Waals surface area contributed by atoms with E-state index in [2.05, 4.69) is 18.7 Å². The van der Waals surface area contributed by atoms with Crippen molar-refractivity contribution < 1.29 is 5.11 Å². The molecule has 1 saturated carbocycles. The largest absolute Gasteiger partial charge is 0.389 e. The Labute approximate surface area is 113 Å². The molecule has 0 saturated heterocycles. The van der Waals surface area contributed by atoms with E-state index >= 15 is 0 Å². The van der Waals surface area contributed by atoms with Crippen LogP contribution in [0.5, 0.6) is 0 Å². The maximum atomic E-state index is 9.97. The summed E-state index contributed by atoms with van der Waals surface area (Å²) < 4.78 is 0. The van der Waals surface area contributed by atoms with Crippen LogP contribution in [0.2, 0.25) is 0 Å². The first kappa shape index (κ1) is 15.9. The molecular weight excluding hydrogens is 224 g/mol. The lowest BCUT2D eigenvalue weighted by atomic mass is 9.70. The van der Waals surface area contributed by atoms with Crippen LogP contribution in [0.15, 0.2) is 0 Å². The lowest BCUT2D eigenvalue weighted by Crippen LogP contribution is -2.48. The predicted molar refractivity (Wildman–Crippen MR) is 77.5 cm³/mol. The van der Waals surface area contributed by atoms with Crippen LogP contribution in [0, 0.1) is 11.3 Å². The van der Waals surface area contributed by atoms with Crippen molar-refractivity contribution >= 4 is 0 Å². The van der Waals surface area contributed by atoms with E-state index in [-0.39, 0.29) is 5.41 Å². The van der Waals surface area contributed by atoms with Crippen molar-refractivity contribution in [2.24, 2.45) is 17.1 Å². The number of rotatable bonds is 6. The molecule has 0 amide bonds. The number of hydrogen-bond donors (Lipinski definition) is 2. The average molecular weight is 256 g/mol. The lowest BCUT2D eigenvalue weighted by molar-refractivity contribution is 0.0134. The molecule has 0 unspecified atom stereocenters. The molecule has 0 bridgehead atoms. The molecule has 108 valence electrons. The number of nitrogens with zero attached hydrogens (tertiary/aromatic N) is 1. The van der Waals surface area contributed by atoms with Gasteiger partial charge in [-0.1, -0.05) is 26.7 Å². The van der Waals surface area contributed by atoms with Gasteiger partial charge in [-0.15, -0.1) is 0 Å². The molecule has 0 radical (unpaired) electrons. The van der Waals surface area contributed by atoms with E-state index in [9.17, 15) is 5.11 Å². The van der Waals surface area contributed by atoms with Crippen molar-refractivity contribution in [2.45, 2.75) is 59.0 Å².